The van der Waals surface area contributed by atoms with Gasteiger partial charge in [-0.1, -0.05) is 36.4 Å². The Balaban J connectivity index is 2.08. The predicted molar refractivity (Wildman–Crippen MR) is 65.4 cm³/mol. The van der Waals surface area contributed by atoms with E-state index >= 15 is 0 Å². The minimum Gasteiger partial charge on any atom is -0.248 e. The Morgan fingerprint density at radius 3 is 1.93 bits per heavy atom. The number of nitrogens with two attached hydrogens (primary N) is 1. The molecule has 0 saturated carbocycles. The van der Waals surface area contributed by atoms with Gasteiger partial charge >= 0.3 is 0 Å². The lowest BCUT2D eigenvalue weighted by Crippen LogP contribution is -2.21. The molecule has 0 heterocycles. The Labute approximate surface area is 93.8 Å². The molecule has 0 unspecified atom stereocenters. The summed E-state index contributed by atoms with van der Waals surface area (Å²) in [5, 5.41) is 0. The fourth-order valence-electron chi connectivity index (χ4n) is 1.22. The van der Waals surface area contributed by atoms with Gasteiger partial charge in [0.05, 0.1) is 5.69 Å². The van der Waals surface area contributed by atoms with Gasteiger partial charge in [-0.05, 0) is 24.3 Å². The van der Waals surface area contributed by atoms with Gasteiger partial charge in [-0.25, -0.2) is 10.3 Å². The maximum atomic E-state index is 5.92. The van der Waals surface area contributed by atoms with Crippen LogP contribution in [0.1, 0.15) is 0 Å². The normalized spacial score (nSPS) is 9.93. The summed E-state index contributed by atoms with van der Waals surface area (Å²) < 4.78 is 1.66. The third-order valence-electron chi connectivity index (χ3n) is 1.96. The number of nitrogens with zero attached hydrogens (tertiary/aromatic N) is 1. The molecule has 0 fully saturated rings. The summed E-state index contributed by atoms with van der Waals surface area (Å²) in [6.45, 7) is 0. The van der Waals surface area contributed by atoms with Crippen molar-refractivity contribution in [1.82, 2.24) is 0 Å². The molecule has 2 nitrogen and oxygen atoms in total. The van der Waals surface area contributed by atoms with Crippen molar-refractivity contribution in [3.8, 4) is 0 Å². The molecule has 0 aliphatic rings. The number of benzene rings is 2. The van der Waals surface area contributed by atoms with Gasteiger partial charge in [-0.3, -0.25) is 0 Å². The molecular weight excluding hydrogens is 204 g/mol. The first-order valence-electron chi connectivity index (χ1n) is 4.69. The van der Waals surface area contributed by atoms with Crippen LogP contribution in [-0.4, -0.2) is 0 Å². The molecule has 0 bridgehead atoms. The van der Waals surface area contributed by atoms with Crippen LogP contribution in [0, 0.1) is 0 Å². The second kappa shape index (κ2) is 4.87. The number of hydrazine groups is 1. The van der Waals surface area contributed by atoms with E-state index in [0.717, 1.165) is 10.6 Å². The van der Waals surface area contributed by atoms with Crippen molar-refractivity contribution in [2.75, 3.05) is 4.41 Å². The van der Waals surface area contributed by atoms with Gasteiger partial charge in [0.25, 0.3) is 0 Å². The number of hydrogen-bond donors (Lipinski definition) is 1. The lowest BCUT2D eigenvalue weighted by molar-refractivity contribution is 1.20. The monoisotopic (exact) mass is 216 g/mol. The zero-order valence-electron chi connectivity index (χ0n) is 8.21. The smallest absolute Gasteiger partial charge is 0.0648 e. The zero-order chi connectivity index (χ0) is 10.5. The van der Waals surface area contributed by atoms with Crippen molar-refractivity contribution in [2.45, 2.75) is 4.90 Å². The molecule has 2 N–H and O–H groups in total. The van der Waals surface area contributed by atoms with E-state index in [0.29, 0.717) is 0 Å². The predicted octanol–water partition coefficient (Wildman–Crippen LogP) is 3.07. The van der Waals surface area contributed by atoms with E-state index < -0.39 is 0 Å². The quantitative estimate of drug-likeness (QED) is 0.485. The lowest BCUT2D eigenvalue weighted by Gasteiger charge is -2.16. The summed E-state index contributed by atoms with van der Waals surface area (Å²) in [6.07, 6.45) is 0. The SMILES string of the molecule is NN(Sc1ccccc1)c1ccccc1. The Kier molecular flexibility index (Phi) is 3.27. The average Bonchev–Trinajstić information content (AvgIpc) is 2.31. The minimum absolute atomic E-state index is 0.992. The molecule has 0 spiro atoms. The van der Waals surface area contributed by atoms with Crippen molar-refractivity contribution in [2.24, 2.45) is 5.84 Å². The molecule has 2 rings (SSSR count). The first-order chi connectivity index (χ1) is 7.36. The molecule has 0 aromatic heterocycles. The molecule has 76 valence electrons. The van der Waals surface area contributed by atoms with E-state index in [1.54, 1.807) is 4.41 Å². The highest BCUT2D eigenvalue weighted by atomic mass is 32.2. The number of hydrogen-bond acceptors (Lipinski definition) is 3. The molecule has 2 aromatic rings. The first-order valence-corrected chi connectivity index (χ1v) is 5.46. The van der Waals surface area contributed by atoms with Gasteiger partial charge < -0.3 is 0 Å². The van der Waals surface area contributed by atoms with E-state index in [9.17, 15) is 0 Å². The Bertz CT molecular complexity index is 402. The van der Waals surface area contributed by atoms with E-state index in [1.165, 1.54) is 11.9 Å². The molecule has 15 heavy (non-hydrogen) atoms. The number of rotatable bonds is 3. The fourth-order valence-corrected chi connectivity index (χ4v) is 1.96. The second-order valence-corrected chi connectivity index (χ2v) is 4.11. The maximum Gasteiger partial charge on any atom is 0.0648 e. The van der Waals surface area contributed by atoms with Crippen LogP contribution in [0.15, 0.2) is 65.6 Å². The van der Waals surface area contributed by atoms with E-state index in [1.807, 2.05) is 60.7 Å². The molecule has 0 aliphatic heterocycles. The van der Waals surface area contributed by atoms with E-state index in [2.05, 4.69) is 0 Å². The standard InChI is InChI=1S/C12H12N2S/c13-14(11-7-3-1-4-8-11)15-12-9-5-2-6-10-12/h1-10H,13H2. The van der Waals surface area contributed by atoms with Crippen LogP contribution in [-0.2, 0) is 0 Å². The van der Waals surface area contributed by atoms with Crippen molar-refractivity contribution in [1.29, 1.82) is 0 Å². The van der Waals surface area contributed by atoms with Crippen molar-refractivity contribution in [3.05, 3.63) is 60.7 Å². The van der Waals surface area contributed by atoms with Gasteiger partial charge in [0.2, 0.25) is 0 Å². The van der Waals surface area contributed by atoms with E-state index in [4.69, 9.17) is 5.84 Å². The minimum atomic E-state index is 0.992. The summed E-state index contributed by atoms with van der Waals surface area (Å²) in [7, 11) is 0. The third-order valence-corrected chi connectivity index (χ3v) is 2.85. The van der Waals surface area contributed by atoms with Gasteiger partial charge in [0, 0.05) is 16.8 Å². The van der Waals surface area contributed by atoms with Crippen LogP contribution in [0.3, 0.4) is 0 Å². The Morgan fingerprint density at radius 1 is 0.800 bits per heavy atom. The summed E-state index contributed by atoms with van der Waals surface area (Å²) >= 11 is 1.51. The highest BCUT2D eigenvalue weighted by molar-refractivity contribution is 8.00. The highest BCUT2D eigenvalue weighted by Gasteiger charge is 2.01. The number of para-hydroxylation sites is 1. The Hall–Kier alpha value is -1.45. The third kappa shape index (κ3) is 2.75. The summed E-state index contributed by atoms with van der Waals surface area (Å²) in [4.78, 5) is 1.13. The van der Waals surface area contributed by atoms with Crippen LogP contribution < -0.4 is 10.3 Å². The van der Waals surface area contributed by atoms with E-state index in [-0.39, 0.29) is 0 Å². The van der Waals surface area contributed by atoms with Crippen molar-refractivity contribution >= 4 is 17.6 Å². The largest absolute Gasteiger partial charge is 0.248 e. The molecule has 0 atom stereocenters. The van der Waals surface area contributed by atoms with Crippen LogP contribution in [0.2, 0.25) is 0 Å². The van der Waals surface area contributed by atoms with Gasteiger partial charge in [-0.2, -0.15) is 0 Å². The molecule has 0 amide bonds. The average molecular weight is 216 g/mol. The number of anilines is 1. The molecule has 3 heteroatoms. The van der Waals surface area contributed by atoms with Crippen molar-refractivity contribution in [3.63, 3.8) is 0 Å². The second-order valence-electron chi connectivity index (χ2n) is 3.07. The van der Waals surface area contributed by atoms with Crippen LogP contribution in [0.5, 0.6) is 0 Å². The summed E-state index contributed by atoms with van der Waals surface area (Å²) in [5.41, 5.74) is 0.992. The van der Waals surface area contributed by atoms with Gasteiger partial charge in [0.1, 0.15) is 0 Å². The Morgan fingerprint density at radius 2 is 1.33 bits per heavy atom. The van der Waals surface area contributed by atoms with Crippen LogP contribution >= 0.6 is 11.9 Å². The molecule has 0 saturated heterocycles. The summed E-state index contributed by atoms with van der Waals surface area (Å²) in [6, 6.07) is 20.0. The lowest BCUT2D eigenvalue weighted by atomic mass is 10.3. The molecule has 0 aliphatic carbocycles. The fraction of sp³-hybridized carbons (Fsp3) is 0. The maximum absolute atomic E-state index is 5.92. The molecule has 0 radical (unpaired) electrons. The van der Waals surface area contributed by atoms with Crippen LogP contribution in [0.4, 0.5) is 5.69 Å². The highest BCUT2D eigenvalue weighted by Crippen LogP contribution is 2.24. The molecular formula is C12H12N2S. The first kappa shape index (κ1) is 10.1. The topological polar surface area (TPSA) is 29.3 Å². The zero-order valence-corrected chi connectivity index (χ0v) is 9.02. The van der Waals surface area contributed by atoms with Gasteiger partial charge in [-0.15, -0.1) is 0 Å². The summed E-state index contributed by atoms with van der Waals surface area (Å²) in [5.74, 6) is 5.92. The van der Waals surface area contributed by atoms with Crippen LogP contribution in [0.25, 0.3) is 0 Å². The van der Waals surface area contributed by atoms with Gasteiger partial charge in [0.15, 0.2) is 0 Å². The molecule has 2 aromatic carbocycles. The van der Waals surface area contributed by atoms with Crippen molar-refractivity contribution < 1.29 is 0 Å².